The zero-order valence-corrected chi connectivity index (χ0v) is 21.2. The van der Waals surface area contributed by atoms with Crippen molar-refractivity contribution in [2.75, 3.05) is 49.9 Å². The van der Waals surface area contributed by atoms with Crippen molar-refractivity contribution in [2.24, 2.45) is 0 Å². The first-order valence-corrected chi connectivity index (χ1v) is 12.5. The second-order valence-corrected chi connectivity index (χ2v) is 9.98. The monoisotopic (exact) mass is 493 g/mol. The van der Waals surface area contributed by atoms with Crippen LogP contribution in [-0.4, -0.2) is 66.0 Å². The Balaban J connectivity index is 1.18. The van der Waals surface area contributed by atoms with Crippen molar-refractivity contribution in [3.05, 3.63) is 65.4 Å². The molecule has 0 unspecified atom stereocenters. The minimum Gasteiger partial charge on any atom is -0.360 e. The molecule has 1 fully saturated rings. The smallest absolute Gasteiger partial charge is 0.239 e. The molecule has 1 saturated heterocycles. The molecule has 1 aliphatic rings. The number of rotatable bonds is 8. The Hall–Kier alpha value is -3.14. The molecule has 0 spiro atoms. The number of carbonyl (C=O) groups excluding carboxylic acids is 2. The van der Waals surface area contributed by atoms with Crippen molar-refractivity contribution in [2.45, 2.75) is 30.6 Å². The average Bonchev–Trinajstić information content (AvgIpc) is 3.23. The summed E-state index contributed by atoms with van der Waals surface area (Å²) in [6, 6.07) is 16.1. The van der Waals surface area contributed by atoms with Gasteiger partial charge in [0.1, 0.15) is 5.76 Å². The van der Waals surface area contributed by atoms with E-state index in [0.29, 0.717) is 24.7 Å². The Labute approximate surface area is 210 Å². The van der Waals surface area contributed by atoms with Gasteiger partial charge in [0.15, 0.2) is 5.82 Å². The molecule has 2 N–H and O–H groups in total. The molecule has 1 aromatic heterocycles. The SMILES string of the molecule is Cc1ccc(C)c(Sc2ccc(NC(=O)CN3CCN(CC(=O)Nc4cc(C)on4)CC3)cc2)c1. The fraction of sp³-hybridized carbons (Fsp3) is 0.346. The molecule has 3 aromatic rings. The maximum Gasteiger partial charge on any atom is 0.239 e. The summed E-state index contributed by atoms with van der Waals surface area (Å²) in [4.78, 5) is 31.3. The first-order valence-electron chi connectivity index (χ1n) is 11.7. The third kappa shape index (κ3) is 7.42. The van der Waals surface area contributed by atoms with Crippen LogP contribution in [0.2, 0.25) is 0 Å². The highest BCUT2D eigenvalue weighted by Crippen LogP contribution is 2.31. The number of anilines is 2. The number of hydrogen-bond donors (Lipinski definition) is 2. The van der Waals surface area contributed by atoms with Crippen LogP contribution >= 0.6 is 11.8 Å². The van der Waals surface area contributed by atoms with Gasteiger partial charge in [0.2, 0.25) is 11.8 Å². The molecule has 9 heteroatoms. The molecule has 0 radical (unpaired) electrons. The van der Waals surface area contributed by atoms with E-state index in [1.807, 2.05) is 24.3 Å². The minimum absolute atomic E-state index is 0.0347. The zero-order chi connectivity index (χ0) is 24.8. The quantitative estimate of drug-likeness (QED) is 0.491. The second kappa shape index (κ2) is 11.5. The first kappa shape index (κ1) is 25.0. The molecule has 0 aliphatic carbocycles. The van der Waals surface area contributed by atoms with Crippen LogP contribution < -0.4 is 10.6 Å². The van der Waals surface area contributed by atoms with Gasteiger partial charge in [0, 0.05) is 47.7 Å². The van der Waals surface area contributed by atoms with E-state index in [1.165, 1.54) is 16.0 Å². The lowest BCUT2D eigenvalue weighted by molar-refractivity contribution is -0.120. The van der Waals surface area contributed by atoms with Gasteiger partial charge in [-0.2, -0.15) is 0 Å². The van der Waals surface area contributed by atoms with Gasteiger partial charge in [0.05, 0.1) is 13.1 Å². The predicted molar refractivity (Wildman–Crippen MR) is 138 cm³/mol. The Morgan fingerprint density at radius 2 is 1.51 bits per heavy atom. The highest BCUT2D eigenvalue weighted by molar-refractivity contribution is 7.99. The summed E-state index contributed by atoms with van der Waals surface area (Å²) >= 11 is 1.73. The minimum atomic E-state index is -0.122. The Morgan fingerprint density at radius 3 is 2.11 bits per heavy atom. The maximum absolute atomic E-state index is 12.6. The van der Waals surface area contributed by atoms with Crippen molar-refractivity contribution in [1.29, 1.82) is 0 Å². The van der Waals surface area contributed by atoms with Gasteiger partial charge in [-0.25, -0.2) is 0 Å². The van der Waals surface area contributed by atoms with Crippen LogP contribution in [-0.2, 0) is 9.59 Å². The summed E-state index contributed by atoms with van der Waals surface area (Å²) < 4.78 is 4.96. The van der Waals surface area contributed by atoms with Crippen molar-refractivity contribution >= 4 is 35.1 Å². The molecular formula is C26H31N5O3S. The molecule has 35 heavy (non-hydrogen) atoms. The zero-order valence-electron chi connectivity index (χ0n) is 20.3. The van der Waals surface area contributed by atoms with Gasteiger partial charge in [-0.3, -0.25) is 19.4 Å². The molecule has 0 bridgehead atoms. The second-order valence-electron chi connectivity index (χ2n) is 8.87. The van der Waals surface area contributed by atoms with Crippen LogP contribution in [0.4, 0.5) is 11.5 Å². The van der Waals surface area contributed by atoms with E-state index in [2.05, 4.69) is 57.6 Å². The molecule has 0 atom stereocenters. The van der Waals surface area contributed by atoms with Crippen LogP contribution in [0.1, 0.15) is 16.9 Å². The van der Waals surface area contributed by atoms with Gasteiger partial charge in [-0.05, 0) is 62.2 Å². The number of piperazine rings is 1. The molecule has 2 amide bonds. The number of amides is 2. The van der Waals surface area contributed by atoms with Crippen molar-refractivity contribution < 1.29 is 14.1 Å². The topological polar surface area (TPSA) is 90.7 Å². The third-order valence-corrected chi connectivity index (χ3v) is 6.97. The predicted octanol–water partition coefficient (Wildman–Crippen LogP) is 3.95. The maximum atomic E-state index is 12.6. The number of nitrogens with one attached hydrogen (secondary N) is 2. The van der Waals surface area contributed by atoms with E-state index in [0.717, 1.165) is 36.8 Å². The Morgan fingerprint density at radius 1 is 0.886 bits per heavy atom. The normalized spacial score (nSPS) is 14.6. The van der Waals surface area contributed by atoms with Crippen LogP contribution in [0.5, 0.6) is 0 Å². The molecular weight excluding hydrogens is 462 g/mol. The molecule has 4 rings (SSSR count). The highest BCUT2D eigenvalue weighted by atomic mass is 32.2. The summed E-state index contributed by atoms with van der Waals surface area (Å²) in [6.45, 7) is 9.52. The van der Waals surface area contributed by atoms with Gasteiger partial charge in [-0.1, -0.05) is 29.1 Å². The van der Waals surface area contributed by atoms with E-state index < -0.39 is 0 Å². The highest BCUT2D eigenvalue weighted by Gasteiger charge is 2.21. The number of aromatic nitrogens is 1. The van der Waals surface area contributed by atoms with E-state index >= 15 is 0 Å². The molecule has 2 heterocycles. The molecule has 1 aliphatic heterocycles. The average molecular weight is 494 g/mol. The van der Waals surface area contributed by atoms with Crippen LogP contribution in [0.15, 0.2) is 62.8 Å². The number of nitrogens with zero attached hydrogens (tertiary/aromatic N) is 3. The van der Waals surface area contributed by atoms with Gasteiger partial charge >= 0.3 is 0 Å². The van der Waals surface area contributed by atoms with Crippen molar-refractivity contribution in [3.8, 4) is 0 Å². The lowest BCUT2D eigenvalue weighted by Gasteiger charge is -2.33. The largest absolute Gasteiger partial charge is 0.360 e. The molecule has 0 saturated carbocycles. The summed E-state index contributed by atoms with van der Waals surface area (Å²) in [7, 11) is 0. The number of aryl methyl sites for hydroxylation is 3. The Bertz CT molecular complexity index is 1170. The van der Waals surface area contributed by atoms with E-state index in [9.17, 15) is 9.59 Å². The van der Waals surface area contributed by atoms with E-state index in [-0.39, 0.29) is 11.8 Å². The lowest BCUT2D eigenvalue weighted by Crippen LogP contribution is -2.50. The summed E-state index contributed by atoms with van der Waals surface area (Å²) in [5.74, 6) is 0.926. The van der Waals surface area contributed by atoms with Crippen LogP contribution in [0.3, 0.4) is 0 Å². The van der Waals surface area contributed by atoms with E-state index in [4.69, 9.17) is 4.52 Å². The summed E-state index contributed by atoms with van der Waals surface area (Å²) in [5.41, 5.74) is 3.29. The van der Waals surface area contributed by atoms with Gasteiger partial charge < -0.3 is 15.2 Å². The molecule has 2 aromatic carbocycles. The summed E-state index contributed by atoms with van der Waals surface area (Å²) in [6.07, 6.45) is 0. The number of hydrogen-bond acceptors (Lipinski definition) is 7. The number of benzene rings is 2. The van der Waals surface area contributed by atoms with Crippen molar-refractivity contribution in [1.82, 2.24) is 15.0 Å². The third-order valence-electron chi connectivity index (χ3n) is 5.80. The van der Waals surface area contributed by atoms with Gasteiger partial charge in [-0.15, -0.1) is 0 Å². The lowest BCUT2D eigenvalue weighted by atomic mass is 10.2. The molecule has 184 valence electrons. The van der Waals surface area contributed by atoms with E-state index in [1.54, 1.807) is 24.8 Å². The van der Waals surface area contributed by atoms with Gasteiger partial charge in [0.25, 0.3) is 0 Å². The first-order chi connectivity index (χ1) is 16.8. The van der Waals surface area contributed by atoms with Crippen LogP contribution in [0.25, 0.3) is 0 Å². The van der Waals surface area contributed by atoms with Crippen LogP contribution in [0, 0.1) is 20.8 Å². The Kier molecular flexibility index (Phi) is 8.22. The fourth-order valence-electron chi connectivity index (χ4n) is 3.87. The summed E-state index contributed by atoms with van der Waals surface area (Å²) in [5, 5.41) is 9.51. The molecule has 8 nitrogen and oxygen atoms in total. The van der Waals surface area contributed by atoms with Crippen molar-refractivity contribution in [3.63, 3.8) is 0 Å². The standard InChI is InChI=1S/C26H31N5O3S/c1-18-4-5-19(2)23(14-18)35-22-8-6-21(7-9-22)27-25(32)16-30-10-12-31(13-11-30)17-26(33)28-24-15-20(3)34-29-24/h4-9,14-15H,10-13,16-17H2,1-3H3,(H,27,32)(H,28,29,33). The number of carbonyl (C=O) groups is 2. The fourth-order valence-corrected chi connectivity index (χ4v) is 4.87.